The third-order valence-electron chi connectivity index (χ3n) is 3.99. The van der Waals surface area contributed by atoms with Crippen LogP contribution in [0.1, 0.15) is 46.5 Å². The predicted molar refractivity (Wildman–Crippen MR) is 65.5 cm³/mol. The summed E-state index contributed by atoms with van der Waals surface area (Å²) < 4.78 is 0. The molecule has 0 saturated heterocycles. The van der Waals surface area contributed by atoms with Gasteiger partial charge in [0.2, 0.25) is 5.91 Å². The van der Waals surface area contributed by atoms with E-state index in [-0.39, 0.29) is 11.9 Å². The van der Waals surface area contributed by atoms with Gasteiger partial charge in [0.1, 0.15) is 0 Å². The zero-order chi connectivity index (χ0) is 13.0. The molecule has 2 N–H and O–H groups in total. The summed E-state index contributed by atoms with van der Waals surface area (Å²) in [6.45, 7) is 5.41. The summed E-state index contributed by atoms with van der Waals surface area (Å²) in [4.78, 5) is 22.7. The molecule has 4 atom stereocenters. The molecule has 4 heteroatoms. The topological polar surface area (TPSA) is 66.4 Å². The van der Waals surface area contributed by atoms with Crippen LogP contribution in [0.2, 0.25) is 0 Å². The molecule has 1 aliphatic rings. The Bertz CT molecular complexity index is 290. The SMILES string of the molecule is CC1CCCCC1NC(=O)C(C)C(C)C(=O)O. The van der Waals surface area contributed by atoms with Crippen LogP contribution in [0, 0.1) is 17.8 Å². The van der Waals surface area contributed by atoms with E-state index < -0.39 is 17.8 Å². The predicted octanol–water partition coefficient (Wildman–Crippen LogP) is 2.04. The minimum atomic E-state index is -0.913. The number of rotatable bonds is 4. The average Bonchev–Trinajstić information content (AvgIpc) is 2.30. The summed E-state index contributed by atoms with van der Waals surface area (Å²) in [5, 5.41) is 11.9. The first-order valence-corrected chi connectivity index (χ1v) is 6.46. The highest BCUT2D eigenvalue weighted by molar-refractivity contribution is 5.84. The zero-order valence-electron chi connectivity index (χ0n) is 10.9. The van der Waals surface area contributed by atoms with Crippen molar-refractivity contribution < 1.29 is 14.7 Å². The Morgan fingerprint density at radius 2 is 1.76 bits per heavy atom. The van der Waals surface area contributed by atoms with Crippen molar-refractivity contribution in [1.82, 2.24) is 5.32 Å². The maximum atomic E-state index is 11.9. The van der Waals surface area contributed by atoms with Crippen LogP contribution in [-0.4, -0.2) is 23.0 Å². The molecule has 17 heavy (non-hydrogen) atoms. The van der Waals surface area contributed by atoms with Crippen molar-refractivity contribution in [1.29, 1.82) is 0 Å². The van der Waals surface area contributed by atoms with Crippen molar-refractivity contribution in [3.63, 3.8) is 0 Å². The van der Waals surface area contributed by atoms with E-state index in [1.807, 2.05) is 0 Å². The van der Waals surface area contributed by atoms with E-state index in [0.29, 0.717) is 5.92 Å². The molecule has 98 valence electrons. The van der Waals surface area contributed by atoms with E-state index in [4.69, 9.17) is 5.11 Å². The van der Waals surface area contributed by atoms with Gasteiger partial charge in [-0.15, -0.1) is 0 Å². The first-order chi connectivity index (χ1) is 7.93. The molecule has 4 nitrogen and oxygen atoms in total. The molecule has 0 aromatic rings. The lowest BCUT2D eigenvalue weighted by atomic mass is 9.85. The van der Waals surface area contributed by atoms with Gasteiger partial charge in [-0.3, -0.25) is 9.59 Å². The van der Waals surface area contributed by atoms with Crippen molar-refractivity contribution >= 4 is 11.9 Å². The van der Waals surface area contributed by atoms with E-state index in [2.05, 4.69) is 12.2 Å². The molecule has 1 fully saturated rings. The van der Waals surface area contributed by atoms with E-state index in [9.17, 15) is 9.59 Å². The monoisotopic (exact) mass is 241 g/mol. The molecule has 0 aliphatic heterocycles. The number of amides is 1. The summed E-state index contributed by atoms with van der Waals surface area (Å²) in [6, 6.07) is 0.222. The third-order valence-corrected chi connectivity index (χ3v) is 3.99. The van der Waals surface area contributed by atoms with E-state index in [0.717, 1.165) is 19.3 Å². The van der Waals surface area contributed by atoms with E-state index in [1.165, 1.54) is 6.42 Å². The van der Waals surface area contributed by atoms with Crippen molar-refractivity contribution in [2.75, 3.05) is 0 Å². The van der Waals surface area contributed by atoms with Gasteiger partial charge in [-0.1, -0.05) is 33.6 Å². The summed E-state index contributed by atoms with van der Waals surface area (Å²) in [5.41, 5.74) is 0. The van der Waals surface area contributed by atoms with Gasteiger partial charge in [0.15, 0.2) is 0 Å². The summed E-state index contributed by atoms with van der Waals surface area (Å²) in [6.07, 6.45) is 4.54. The van der Waals surface area contributed by atoms with Crippen LogP contribution in [0.25, 0.3) is 0 Å². The number of hydrogen-bond acceptors (Lipinski definition) is 2. The quantitative estimate of drug-likeness (QED) is 0.791. The number of nitrogens with one attached hydrogen (secondary N) is 1. The van der Waals surface area contributed by atoms with Crippen LogP contribution in [-0.2, 0) is 9.59 Å². The van der Waals surface area contributed by atoms with Gasteiger partial charge in [-0.25, -0.2) is 0 Å². The highest BCUT2D eigenvalue weighted by Gasteiger charge is 2.29. The molecule has 1 amide bonds. The maximum absolute atomic E-state index is 11.9. The summed E-state index contributed by atoms with van der Waals surface area (Å²) in [5.74, 6) is -1.64. The molecule has 0 heterocycles. The number of aliphatic carboxylic acids is 1. The van der Waals surface area contributed by atoms with Gasteiger partial charge in [-0.05, 0) is 18.8 Å². The Morgan fingerprint density at radius 1 is 1.18 bits per heavy atom. The van der Waals surface area contributed by atoms with Crippen LogP contribution in [0.5, 0.6) is 0 Å². The van der Waals surface area contributed by atoms with E-state index in [1.54, 1.807) is 13.8 Å². The second kappa shape index (κ2) is 6.03. The maximum Gasteiger partial charge on any atom is 0.307 e. The Hall–Kier alpha value is -1.06. The minimum Gasteiger partial charge on any atom is -0.481 e. The molecular formula is C13H23NO3. The molecule has 0 bridgehead atoms. The van der Waals surface area contributed by atoms with Crippen molar-refractivity contribution in [2.24, 2.45) is 17.8 Å². The van der Waals surface area contributed by atoms with Crippen molar-refractivity contribution in [2.45, 2.75) is 52.5 Å². The van der Waals surface area contributed by atoms with Crippen LogP contribution >= 0.6 is 0 Å². The van der Waals surface area contributed by atoms with Gasteiger partial charge in [0, 0.05) is 12.0 Å². The normalized spacial score (nSPS) is 28.2. The average molecular weight is 241 g/mol. The van der Waals surface area contributed by atoms with Crippen molar-refractivity contribution in [3.05, 3.63) is 0 Å². The van der Waals surface area contributed by atoms with Crippen LogP contribution in [0.3, 0.4) is 0 Å². The molecule has 4 unspecified atom stereocenters. The van der Waals surface area contributed by atoms with Gasteiger partial charge in [-0.2, -0.15) is 0 Å². The Labute approximate surface area is 103 Å². The van der Waals surface area contributed by atoms with Gasteiger partial charge < -0.3 is 10.4 Å². The fraction of sp³-hybridized carbons (Fsp3) is 0.846. The third kappa shape index (κ3) is 3.72. The second-order valence-electron chi connectivity index (χ2n) is 5.29. The van der Waals surface area contributed by atoms with Crippen LogP contribution in [0.4, 0.5) is 0 Å². The molecular weight excluding hydrogens is 218 g/mol. The second-order valence-corrected chi connectivity index (χ2v) is 5.29. The number of carbonyl (C=O) groups excluding carboxylic acids is 1. The Kier molecular flexibility index (Phi) is 4.97. The number of carbonyl (C=O) groups is 2. The minimum absolute atomic E-state index is 0.126. The first kappa shape index (κ1) is 14.0. The van der Waals surface area contributed by atoms with Gasteiger partial charge in [0.25, 0.3) is 0 Å². The van der Waals surface area contributed by atoms with Gasteiger partial charge in [0.05, 0.1) is 5.92 Å². The summed E-state index contributed by atoms with van der Waals surface area (Å²) >= 11 is 0. The Balaban J connectivity index is 2.50. The number of hydrogen-bond donors (Lipinski definition) is 2. The zero-order valence-corrected chi connectivity index (χ0v) is 10.9. The molecule has 0 radical (unpaired) electrons. The standard InChI is InChI=1S/C13H23NO3/c1-8-6-4-5-7-11(8)14-12(15)9(2)10(3)13(16)17/h8-11H,4-7H2,1-3H3,(H,14,15)(H,16,17). The highest BCUT2D eigenvalue weighted by Crippen LogP contribution is 2.24. The molecule has 1 rings (SSSR count). The number of carboxylic acid groups (broad SMARTS) is 1. The van der Waals surface area contributed by atoms with Crippen LogP contribution < -0.4 is 5.32 Å². The van der Waals surface area contributed by atoms with Crippen LogP contribution in [0.15, 0.2) is 0 Å². The Morgan fingerprint density at radius 3 is 2.29 bits per heavy atom. The highest BCUT2D eigenvalue weighted by atomic mass is 16.4. The molecule has 0 aromatic carbocycles. The molecule has 1 aliphatic carbocycles. The largest absolute Gasteiger partial charge is 0.481 e. The van der Waals surface area contributed by atoms with Gasteiger partial charge >= 0.3 is 5.97 Å². The van der Waals surface area contributed by atoms with Crippen molar-refractivity contribution in [3.8, 4) is 0 Å². The molecule has 0 spiro atoms. The molecule has 0 aromatic heterocycles. The fourth-order valence-electron chi connectivity index (χ4n) is 2.29. The lowest BCUT2D eigenvalue weighted by Gasteiger charge is -2.31. The van der Waals surface area contributed by atoms with E-state index >= 15 is 0 Å². The first-order valence-electron chi connectivity index (χ1n) is 6.46. The smallest absolute Gasteiger partial charge is 0.307 e. The number of carboxylic acids is 1. The lowest BCUT2D eigenvalue weighted by molar-refractivity contribution is -0.146. The summed E-state index contributed by atoms with van der Waals surface area (Å²) in [7, 11) is 0. The molecule has 1 saturated carbocycles. The lowest BCUT2D eigenvalue weighted by Crippen LogP contribution is -2.45. The fourth-order valence-corrected chi connectivity index (χ4v) is 2.29.